The number of rotatable bonds is 13. The molecule has 0 bridgehead atoms. The Morgan fingerprint density at radius 3 is 2.39 bits per heavy atom. The second-order valence-corrected chi connectivity index (χ2v) is 9.09. The Hall–Kier alpha value is -1.98. The maximum atomic E-state index is 13.2. The van der Waals surface area contributed by atoms with Gasteiger partial charge in [-0.2, -0.15) is 0 Å². The number of unbranched alkanes of at least 4 members (excludes halogenated alkanes) is 1. The highest BCUT2D eigenvalue weighted by Gasteiger charge is 2.28. The van der Waals surface area contributed by atoms with Gasteiger partial charge in [-0.25, -0.2) is 0 Å². The summed E-state index contributed by atoms with van der Waals surface area (Å²) in [6, 6.07) is 17.2. The second-order valence-electron chi connectivity index (χ2n) is 7.48. The number of hydrogen-bond acceptors (Lipinski definition) is 3. The molecule has 2 amide bonds. The van der Waals surface area contributed by atoms with Crippen molar-refractivity contribution in [3.05, 3.63) is 65.2 Å². The summed E-state index contributed by atoms with van der Waals surface area (Å²) >= 11 is 7.64. The molecule has 1 N–H and O–H groups in total. The number of amides is 2. The van der Waals surface area contributed by atoms with Crippen molar-refractivity contribution in [1.29, 1.82) is 0 Å². The van der Waals surface area contributed by atoms with Crippen LogP contribution in [0.5, 0.6) is 0 Å². The van der Waals surface area contributed by atoms with Gasteiger partial charge >= 0.3 is 0 Å². The summed E-state index contributed by atoms with van der Waals surface area (Å²) in [7, 11) is 0. The quantitative estimate of drug-likeness (QED) is 0.297. The normalized spacial score (nSPS) is 11.7. The Morgan fingerprint density at radius 1 is 1.03 bits per heavy atom. The van der Waals surface area contributed by atoms with Gasteiger partial charge in [-0.1, -0.05) is 62.2 Å². The molecule has 0 saturated carbocycles. The molecular weight excluding hydrogens is 428 g/mol. The molecule has 0 aliphatic heterocycles. The summed E-state index contributed by atoms with van der Waals surface area (Å²) in [5.41, 5.74) is 1.03. The molecule has 0 heterocycles. The van der Waals surface area contributed by atoms with Gasteiger partial charge < -0.3 is 10.2 Å². The first-order valence-electron chi connectivity index (χ1n) is 11.0. The third kappa shape index (κ3) is 8.96. The van der Waals surface area contributed by atoms with Gasteiger partial charge in [0.1, 0.15) is 6.04 Å². The third-order valence-electron chi connectivity index (χ3n) is 5.03. The Morgan fingerprint density at radius 2 is 1.74 bits per heavy atom. The molecule has 0 fully saturated rings. The number of carbonyl (C=O) groups is 2. The van der Waals surface area contributed by atoms with E-state index in [4.69, 9.17) is 11.6 Å². The van der Waals surface area contributed by atoms with Crippen LogP contribution in [0.4, 0.5) is 0 Å². The van der Waals surface area contributed by atoms with E-state index >= 15 is 0 Å². The Labute approximate surface area is 195 Å². The van der Waals surface area contributed by atoms with Crippen LogP contribution in [0, 0.1) is 0 Å². The molecule has 2 rings (SSSR count). The van der Waals surface area contributed by atoms with E-state index in [1.54, 1.807) is 16.7 Å². The van der Waals surface area contributed by atoms with E-state index in [9.17, 15) is 9.59 Å². The van der Waals surface area contributed by atoms with E-state index < -0.39 is 6.04 Å². The molecule has 31 heavy (non-hydrogen) atoms. The van der Waals surface area contributed by atoms with Crippen LogP contribution in [0.25, 0.3) is 0 Å². The van der Waals surface area contributed by atoms with Gasteiger partial charge in [0.25, 0.3) is 0 Å². The highest BCUT2D eigenvalue weighted by Crippen LogP contribution is 2.22. The Kier molecular flexibility index (Phi) is 11.5. The molecule has 1 unspecified atom stereocenters. The number of carbonyl (C=O) groups excluding carboxylic acids is 2. The number of hydrogen-bond donors (Lipinski definition) is 1. The van der Waals surface area contributed by atoms with Gasteiger partial charge in [0.15, 0.2) is 0 Å². The minimum Gasteiger partial charge on any atom is -0.354 e. The summed E-state index contributed by atoms with van der Waals surface area (Å²) in [5, 5.41) is 3.72. The van der Waals surface area contributed by atoms with E-state index in [-0.39, 0.29) is 11.8 Å². The monoisotopic (exact) mass is 460 g/mol. The van der Waals surface area contributed by atoms with Crippen LogP contribution in [0.3, 0.4) is 0 Å². The highest BCUT2D eigenvalue weighted by atomic mass is 35.5. The van der Waals surface area contributed by atoms with Gasteiger partial charge in [0.2, 0.25) is 11.8 Å². The van der Waals surface area contributed by atoms with E-state index in [1.807, 2.05) is 61.5 Å². The molecule has 0 aliphatic rings. The summed E-state index contributed by atoms with van der Waals surface area (Å²) < 4.78 is 0. The third-order valence-corrected chi connectivity index (χ3v) is 6.38. The molecule has 6 heteroatoms. The summed E-state index contributed by atoms with van der Waals surface area (Å²) in [6.45, 7) is 5.16. The van der Waals surface area contributed by atoms with Crippen LogP contribution in [-0.2, 0) is 16.1 Å². The van der Waals surface area contributed by atoms with E-state index in [2.05, 4.69) is 12.2 Å². The van der Waals surface area contributed by atoms with Crippen LogP contribution >= 0.6 is 23.4 Å². The zero-order valence-corrected chi connectivity index (χ0v) is 20.1. The number of benzene rings is 2. The van der Waals surface area contributed by atoms with Crippen molar-refractivity contribution < 1.29 is 9.59 Å². The maximum Gasteiger partial charge on any atom is 0.242 e. The first kappa shape index (κ1) is 25.3. The lowest BCUT2D eigenvalue weighted by atomic mass is 10.1. The average Bonchev–Trinajstić information content (AvgIpc) is 2.78. The van der Waals surface area contributed by atoms with Gasteiger partial charge in [0, 0.05) is 29.4 Å². The zero-order chi connectivity index (χ0) is 22.5. The first-order chi connectivity index (χ1) is 15.0. The van der Waals surface area contributed by atoms with Crippen molar-refractivity contribution >= 4 is 35.2 Å². The Balaban J connectivity index is 1.99. The molecule has 4 nitrogen and oxygen atoms in total. The van der Waals surface area contributed by atoms with E-state index in [1.165, 1.54) is 0 Å². The fourth-order valence-corrected chi connectivity index (χ4v) is 4.27. The standard InChI is InChI=1S/C25H33ClN2O2S/c1-3-5-17-27-25(30)23(4-2)28(19-20-10-7-6-8-11-20)24(29)12-9-18-31-22-15-13-21(26)14-16-22/h6-8,10-11,13-16,23H,3-5,9,12,17-19H2,1-2H3,(H,27,30). The zero-order valence-electron chi connectivity index (χ0n) is 18.5. The fourth-order valence-electron chi connectivity index (χ4n) is 3.29. The number of nitrogens with one attached hydrogen (secondary N) is 1. The highest BCUT2D eigenvalue weighted by molar-refractivity contribution is 7.99. The van der Waals surface area contributed by atoms with Crippen molar-refractivity contribution in [3.63, 3.8) is 0 Å². The lowest BCUT2D eigenvalue weighted by Gasteiger charge is -2.30. The number of nitrogens with zero attached hydrogens (tertiary/aromatic N) is 1. The van der Waals surface area contributed by atoms with Crippen LogP contribution < -0.4 is 5.32 Å². The average molecular weight is 461 g/mol. The largest absolute Gasteiger partial charge is 0.354 e. The van der Waals surface area contributed by atoms with Crippen LogP contribution in [0.1, 0.15) is 51.5 Å². The summed E-state index contributed by atoms with van der Waals surface area (Å²) in [6.07, 6.45) is 3.74. The van der Waals surface area contributed by atoms with Gasteiger partial charge in [0.05, 0.1) is 0 Å². The molecule has 0 spiro atoms. The van der Waals surface area contributed by atoms with Crippen molar-refractivity contribution in [2.45, 2.75) is 63.4 Å². The predicted octanol–water partition coefficient (Wildman–Crippen LogP) is 5.94. The second kappa shape index (κ2) is 14.2. The van der Waals surface area contributed by atoms with Crippen molar-refractivity contribution in [1.82, 2.24) is 10.2 Å². The van der Waals surface area contributed by atoms with Crippen molar-refractivity contribution in [3.8, 4) is 0 Å². The molecule has 2 aromatic carbocycles. The van der Waals surface area contributed by atoms with Gasteiger partial charge in [-0.05, 0) is 54.8 Å². The predicted molar refractivity (Wildman–Crippen MR) is 130 cm³/mol. The van der Waals surface area contributed by atoms with Crippen LogP contribution in [0.2, 0.25) is 5.02 Å². The first-order valence-corrected chi connectivity index (χ1v) is 12.4. The topological polar surface area (TPSA) is 49.4 Å². The molecule has 0 saturated heterocycles. The minimum atomic E-state index is -0.450. The smallest absolute Gasteiger partial charge is 0.242 e. The lowest BCUT2D eigenvalue weighted by molar-refractivity contribution is -0.141. The Bertz CT molecular complexity index is 799. The summed E-state index contributed by atoms with van der Waals surface area (Å²) in [5.74, 6) is 0.806. The van der Waals surface area contributed by atoms with Gasteiger partial charge in [-0.3, -0.25) is 9.59 Å². The van der Waals surface area contributed by atoms with Crippen LogP contribution in [0.15, 0.2) is 59.5 Å². The number of thioether (sulfide) groups is 1. The van der Waals surface area contributed by atoms with Crippen LogP contribution in [-0.4, -0.2) is 35.1 Å². The fraction of sp³-hybridized carbons (Fsp3) is 0.440. The van der Waals surface area contributed by atoms with E-state index in [0.29, 0.717) is 25.9 Å². The molecule has 0 aromatic heterocycles. The molecule has 0 aliphatic carbocycles. The lowest BCUT2D eigenvalue weighted by Crippen LogP contribution is -2.49. The molecule has 168 valence electrons. The van der Waals surface area contributed by atoms with Crippen molar-refractivity contribution in [2.75, 3.05) is 12.3 Å². The number of halogens is 1. The maximum absolute atomic E-state index is 13.2. The molecular formula is C25H33ClN2O2S. The molecule has 0 radical (unpaired) electrons. The van der Waals surface area contributed by atoms with Crippen molar-refractivity contribution in [2.24, 2.45) is 0 Å². The molecule has 2 aromatic rings. The van der Waals surface area contributed by atoms with E-state index in [0.717, 1.165) is 40.5 Å². The molecule has 1 atom stereocenters. The minimum absolute atomic E-state index is 0.0260. The van der Waals surface area contributed by atoms with Gasteiger partial charge in [-0.15, -0.1) is 11.8 Å². The summed E-state index contributed by atoms with van der Waals surface area (Å²) in [4.78, 5) is 28.9. The SMILES string of the molecule is CCCCNC(=O)C(CC)N(Cc1ccccc1)C(=O)CCCSc1ccc(Cl)cc1.